The second-order valence-electron chi connectivity index (χ2n) is 5.26. The summed E-state index contributed by atoms with van der Waals surface area (Å²) in [6.45, 7) is 5.67. The number of pyridine rings is 1. The second-order valence-corrected chi connectivity index (χ2v) is 6.66. The first kappa shape index (κ1) is 16.4. The zero-order chi connectivity index (χ0) is 15.3. The molecular formula is C13H21N3O3S. The number of amides is 1. The SMILES string of the molecule is CN(c1ncccc1CNC(=O)OC(C)(C)C)S(C)=O. The van der Waals surface area contributed by atoms with Gasteiger partial charge in [-0.25, -0.2) is 14.0 Å². The first-order chi connectivity index (χ1) is 9.20. The number of anilines is 1. The minimum atomic E-state index is -1.17. The molecule has 0 aromatic carbocycles. The standard InChI is InChI=1S/C13H21N3O3S/c1-13(2,3)19-12(17)15-9-10-7-6-8-14-11(10)16(4)20(5)18/h6-8H,9H2,1-5H3,(H,15,17). The fourth-order valence-electron chi connectivity index (χ4n) is 1.46. The van der Waals surface area contributed by atoms with Crippen LogP contribution in [0.15, 0.2) is 18.3 Å². The molecule has 0 radical (unpaired) electrons. The van der Waals surface area contributed by atoms with Gasteiger partial charge in [-0.1, -0.05) is 6.07 Å². The van der Waals surface area contributed by atoms with E-state index in [9.17, 15) is 9.00 Å². The summed E-state index contributed by atoms with van der Waals surface area (Å²) in [5.74, 6) is 0.574. The number of carbonyl (C=O) groups excluding carboxylic acids is 1. The van der Waals surface area contributed by atoms with E-state index in [0.717, 1.165) is 5.56 Å². The molecular weight excluding hydrogens is 278 g/mol. The third-order valence-corrected chi connectivity index (χ3v) is 3.32. The van der Waals surface area contributed by atoms with Crippen LogP contribution in [-0.4, -0.2) is 34.2 Å². The van der Waals surface area contributed by atoms with Gasteiger partial charge in [0, 0.05) is 31.6 Å². The van der Waals surface area contributed by atoms with Gasteiger partial charge < -0.3 is 10.1 Å². The lowest BCUT2D eigenvalue weighted by atomic mass is 10.2. The highest BCUT2D eigenvalue weighted by Gasteiger charge is 2.17. The zero-order valence-corrected chi connectivity index (χ0v) is 13.3. The highest BCUT2D eigenvalue weighted by Crippen LogP contribution is 2.16. The van der Waals surface area contributed by atoms with Crippen LogP contribution < -0.4 is 9.62 Å². The number of alkyl carbamates (subject to hydrolysis) is 1. The zero-order valence-electron chi connectivity index (χ0n) is 12.5. The summed E-state index contributed by atoms with van der Waals surface area (Å²) in [6.07, 6.45) is 2.70. The Balaban J connectivity index is 2.74. The fourth-order valence-corrected chi connectivity index (χ4v) is 1.86. The third kappa shape index (κ3) is 5.16. The Morgan fingerprint density at radius 2 is 2.15 bits per heavy atom. The van der Waals surface area contributed by atoms with Crippen LogP contribution in [0.25, 0.3) is 0 Å². The van der Waals surface area contributed by atoms with Crippen molar-refractivity contribution in [1.82, 2.24) is 10.3 Å². The Labute approximate surface area is 122 Å². The molecule has 0 saturated carbocycles. The molecule has 7 heteroatoms. The van der Waals surface area contributed by atoms with E-state index >= 15 is 0 Å². The second kappa shape index (κ2) is 6.69. The summed E-state index contributed by atoms with van der Waals surface area (Å²) in [7, 11) is 0.515. The van der Waals surface area contributed by atoms with Gasteiger partial charge in [0.2, 0.25) is 0 Å². The molecule has 1 unspecified atom stereocenters. The fraction of sp³-hybridized carbons (Fsp3) is 0.538. The Kier molecular flexibility index (Phi) is 5.50. The van der Waals surface area contributed by atoms with Gasteiger partial charge in [-0.2, -0.15) is 0 Å². The maximum absolute atomic E-state index is 11.6. The molecule has 1 aromatic heterocycles. The van der Waals surface area contributed by atoms with Crippen molar-refractivity contribution in [2.75, 3.05) is 17.6 Å². The molecule has 0 aliphatic carbocycles. The van der Waals surface area contributed by atoms with E-state index in [0.29, 0.717) is 5.82 Å². The van der Waals surface area contributed by atoms with Gasteiger partial charge in [-0.05, 0) is 26.8 Å². The molecule has 0 fully saturated rings. The number of nitrogens with zero attached hydrogens (tertiary/aromatic N) is 2. The smallest absolute Gasteiger partial charge is 0.407 e. The van der Waals surface area contributed by atoms with Crippen molar-refractivity contribution >= 4 is 22.9 Å². The number of ether oxygens (including phenoxy) is 1. The minimum Gasteiger partial charge on any atom is -0.444 e. The number of rotatable bonds is 4. The number of hydrogen-bond acceptors (Lipinski definition) is 4. The number of hydrogen-bond donors (Lipinski definition) is 1. The summed E-state index contributed by atoms with van der Waals surface area (Å²) >= 11 is 0. The molecule has 6 nitrogen and oxygen atoms in total. The van der Waals surface area contributed by atoms with Crippen molar-refractivity contribution < 1.29 is 13.7 Å². The molecule has 112 valence electrons. The highest BCUT2D eigenvalue weighted by atomic mass is 32.2. The van der Waals surface area contributed by atoms with Gasteiger partial charge in [-0.15, -0.1) is 0 Å². The quantitative estimate of drug-likeness (QED) is 0.921. The molecule has 0 bridgehead atoms. The summed E-state index contributed by atoms with van der Waals surface area (Å²) in [6, 6.07) is 3.59. The van der Waals surface area contributed by atoms with Gasteiger partial charge >= 0.3 is 6.09 Å². The van der Waals surface area contributed by atoms with Crippen LogP contribution in [0.5, 0.6) is 0 Å². The molecule has 1 amide bonds. The predicted molar refractivity (Wildman–Crippen MR) is 79.8 cm³/mol. The lowest BCUT2D eigenvalue weighted by molar-refractivity contribution is 0.0523. The van der Waals surface area contributed by atoms with Crippen molar-refractivity contribution in [3.05, 3.63) is 23.9 Å². The molecule has 0 aliphatic rings. The van der Waals surface area contributed by atoms with Crippen molar-refractivity contribution in [1.29, 1.82) is 0 Å². The first-order valence-corrected chi connectivity index (χ1v) is 7.70. The van der Waals surface area contributed by atoms with Crippen LogP contribution in [0.1, 0.15) is 26.3 Å². The van der Waals surface area contributed by atoms with Gasteiger partial charge in [0.25, 0.3) is 0 Å². The van der Waals surface area contributed by atoms with E-state index in [1.807, 2.05) is 6.07 Å². The summed E-state index contributed by atoms with van der Waals surface area (Å²) < 4.78 is 18.2. The van der Waals surface area contributed by atoms with Crippen LogP contribution in [0, 0.1) is 0 Å². The first-order valence-electron chi connectivity index (χ1n) is 6.18. The summed E-state index contributed by atoms with van der Waals surface area (Å²) in [4.78, 5) is 15.8. The molecule has 1 atom stereocenters. The average molecular weight is 299 g/mol. The van der Waals surface area contributed by atoms with Crippen LogP contribution in [0.4, 0.5) is 10.6 Å². The lowest BCUT2D eigenvalue weighted by Gasteiger charge is -2.21. The summed E-state index contributed by atoms with van der Waals surface area (Å²) in [5.41, 5.74) is 0.236. The molecule has 1 aromatic rings. The number of carbonyl (C=O) groups is 1. The van der Waals surface area contributed by atoms with E-state index in [1.165, 1.54) is 0 Å². The normalized spacial score (nSPS) is 12.7. The van der Waals surface area contributed by atoms with Crippen LogP contribution in [0.2, 0.25) is 0 Å². The van der Waals surface area contributed by atoms with Gasteiger partial charge in [0.05, 0.1) is 0 Å². The van der Waals surface area contributed by atoms with Crippen LogP contribution in [-0.2, 0) is 22.3 Å². The van der Waals surface area contributed by atoms with Gasteiger partial charge in [0.15, 0.2) is 0 Å². The van der Waals surface area contributed by atoms with Crippen molar-refractivity contribution in [3.8, 4) is 0 Å². The van der Waals surface area contributed by atoms with Crippen molar-refractivity contribution in [2.45, 2.75) is 32.9 Å². The molecule has 1 N–H and O–H groups in total. The minimum absolute atomic E-state index is 0.264. The number of aromatic nitrogens is 1. The Hall–Kier alpha value is -1.63. The van der Waals surface area contributed by atoms with E-state index in [1.54, 1.807) is 50.6 Å². The predicted octanol–water partition coefficient (Wildman–Crippen LogP) is 1.84. The Morgan fingerprint density at radius 3 is 2.70 bits per heavy atom. The van der Waals surface area contributed by atoms with Crippen molar-refractivity contribution in [2.24, 2.45) is 0 Å². The molecule has 0 aliphatic heterocycles. The molecule has 1 heterocycles. The topological polar surface area (TPSA) is 71.5 Å². The van der Waals surface area contributed by atoms with Crippen LogP contribution in [0.3, 0.4) is 0 Å². The molecule has 0 saturated heterocycles. The van der Waals surface area contributed by atoms with E-state index in [2.05, 4.69) is 10.3 Å². The van der Waals surface area contributed by atoms with Crippen LogP contribution >= 0.6 is 0 Å². The van der Waals surface area contributed by atoms with E-state index in [-0.39, 0.29) is 6.54 Å². The maximum atomic E-state index is 11.6. The largest absolute Gasteiger partial charge is 0.444 e. The highest BCUT2D eigenvalue weighted by molar-refractivity contribution is 7.85. The summed E-state index contributed by atoms with van der Waals surface area (Å²) in [5, 5.41) is 2.66. The van der Waals surface area contributed by atoms with Gasteiger partial charge in [0.1, 0.15) is 22.4 Å². The van der Waals surface area contributed by atoms with E-state index < -0.39 is 22.7 Å². The average Bonchev–Trinajstić information content (AvgIpc) is 2.33. The molecule has 0 spiro atoms. The van der Waals surface area contributed by atoms with Crippen molar-refractivity contribution in [3.63, 3.8) is 0 Å². The lowest BCUT2D eigenvalue weighted by Crippen LogP contribution is -2.32. The Bertz CT molecular complexity index is 500. The third-order valence-electron chi connectivity index (χ3n) is 2.37. The molecule has 1 rings (SSSR count). The van der Waals surface area contributed by atoms with E-state index in [4.69, 9.17) is 4.74 Å². The monoisotopic (exact) mass is 299 g/mol. The number of nitrogens with one attached hydrogen (secondary N) is 1. The van der Waals surface area contributed by atoms with Gasteiger partial charge in [-0.3, -0.25) is 4.31 Å². The Morgan fingerprint density at radius 1 is 1.50 bits per heavy atom. The molecule has 20 heavy (non-hydrogen) atoms. The maximum Gasteiger partial charge on any atom is 0.407 e.